The molecule has 4 nitrogen and oxygen atoms in total. The Balaban J connectivity index is 1.62. The van der Waals surface area contributed by atoms with Gasteiger partial charge >= 0.3 is 0 Å². The van der Waals surface area contributed by atoms with Crippen molar-refractivity contribution in [3.05, 3.63) is 59.2 Å². The molecular weight excluding hydrogens is 274 g/mol. The van der Waals surface area contributed by atoms with Gasteiger partial charge in [-0.05, 0) is 23.1 Å². The Bertz CT molecular complexity index is 574. The number of nitrogens with one attached hydrogen (secondary N) is 1. The van der Waals surface area contributed by atoms with Gasteiger partial charge in [0.2, 0.25) is 0 Å². The first-order chi connectivity index (χ1) is 10.8. The Labute approximate surface area is 132 Å². The predicted octanol–water partition coefficient (Wildman–Crippen LogP) is 2.68. The van der Waals surface area contributed by atoms with Crippen molar-refractivity contribution < 1.29 is 4.74 Å². The Morgan fingerprint density at radius 3 is 2.55 bits per heavy atom. The minimum absolute atomic E-state index is 0.173. The van der Waals surface area contributed by atoms with E-state index in [9.17, 15) is 0 Å². The molecule has 4 heteroatoms. The van der Waals surface area contributed by atoms with Crippen molar-refractivity contribution in [2.24, 2.45) is 0 Å². The van der Waals surface area contributed by atoms with E-state index in [2.05, 4.69) is 46.5 Å². The molecule has 1 atom stereocenters. The molecule has 0 spiro atoms. The molecule has 0 saturated carbocycles. The largest absolute Gasteiger partial charge is 0.371 e. The van der Waals surface area contributed by atoms with Gasteiger partial charge in [0, 0.05) is 31.9 Å². The van der Waals surface area contributed by atoms with Crippen LogP contribution < -0.4 is 5.32 Å². The summed E-state index contributed by atoms with van der Waals surface area (Å²) in [7, 11) is 0. The lowest BCUT2D eigenvalue weighted by Gasteiger charge is -2.24. The van der Waals surface area contributed by atoms with E-state index in [4.69, 9.17) is 4.74 Å². The Morgan fingerprint density at radius 1 is 1.14 bits per heavy atom. The zero-order chi connectivity index (χ0) is 15.2. The number of benzene rings is 1. The highest BCUT2D eigenvalue weighted by molar-refractivity contribution is 5.27. The molecule has 2 aromatic rings. The molecule has 0 aliphatic carbocycles. The maximum Gasteiger partial charge on any atom is 0.132 e. The molecule has 0 bridgehead atoms. The SMILES string of the molecule is CCCc1cnc(Cc2ccc([C@H]3CNCCO3)cc2)nc1. The first-order valence-electron chi connectivity index (χ1n) is 8.06. The van der Waals surface area contributed by atoms with E-state index in [0.717, 1.165) is 44.8 Å². The molecule has 22 heavy (non-hydrogen) atoms. The summed E-state index contributed by atoms with van der Waals surface area (Å²) >= 11 is 0. The molecule has 0 amide bonds. The standard InChI is InChI=1S/C18H23N3O/c1-2-3-15-11-20-18(21-12-15)10-14-4-6-16(7-5-14)17-13-19-8-9-22-17/h4-7,11-12,17,19H,2-3,8-10,13H2,1H3/t17-/m1/s1. The number of hydrogen-bond acceptors (Lipinski definition) is 4. The number of ether oxygens (including phenoxy) is 1. The summed E-state index contributed by atoms with van der Waals surface area (Å²) in [4.78, 5) is 8.92. The van der Waals surface area contributed by atoms with Crippen LogP contribution in [-0.2, 0) is 17.6 Å². The number of rotatable bonds is 5. The van der Waals surface area contributed by atoms with Crippen molar-refractivity contribution in [3.63, 3.8) is 0 Å². The highest BCUT2D eigenvalue weighted by Gasteiger charge is 2.15. The van der Waals surface area contributed by atoms with Gasteiger partial charge in [-0.15, -0.1) is 0 Å². The fraction of sp³-hybridized carbons (Fsp3) is 0.444. The van der Waals surface area contributed by atoms with Gasteiger partial charge in [0.25, 0.3) is 0 Å². The second kappa shape index (κ2) is 7.47. The second-order valence-electron chi connectivity index (χ2n) is 5.74. The van der Waals surface area contributed by atoms with Crippen molar-refractivity contribution in [1.82, 2.24) is 15.3 Å². The molecule has 116 valence electrons. The average molecular weight is 297 g/mol. The van der Waals surface area contributed by atoms with E-state index in [1.165, 1.54) is 16.7 Å². The van der Waals surface area contributed by atoms with Crippen LogP contribution >= 0.6 is 0 Å². The minimum Gasteiger partial charge on any atom is -0.371 e. The number of nitrogens with zero attached hydrogens (tertiary/aromatic N) is 2. The van der Waals surface area contributed by atoms with E-state index >= 15 is 0 Å². The van der Waals surface area contributed by atoms with Crippen molar-refractivity contribution in [1.29, 1.82) is 0 Å². The summed E-state index contributed by atoms with van der Waals surface area (Å²) in [5, 5.41) is 3.36. The van der Waals surface area contributed by atoms with Crippen LogP contribution in [0.3, 0.4) is 0 Å². The van der Waals surface area contributed by atoms with E-state index in [1.54, 1.807) is 0 Å². The smallest absolute Gasteiger partial charge is 0.132 e. The van der Waals surface area contributed by atoms with Crippen molar-refractivity contribution in [2.75, 3.05) is 19.7 Å². The van der Waals surface area contributed by atoms with Crippen molar-refractivity contribution >= 4 is 0 Å². The van der Waals surface area contributed by atoms with E-state index in [0.29, 0.717) is 0 Å². The van der Waals surface area contributed by atoms with Crippen LogP contribution in [0, 0.1) is 0 Å². The molecule has 1 aromatic heterocycles. The number of aromatic nitrogens is 2. The maximum atomic E-state index is 5.77. The first kappa shape index (κ1) is 15.1. The summed E-state index contributed by atoms with van der Waals surface area (Å²) in [6, 6.07) is 8.60. The van der Waals surface area contributed by atoms with E-state index < -0.39 is 0 Å². The van der Waals surface area contributed by atoms with E-state index in [-0.39, 0.29) is 6.10 Å². The lowest BCUT2D eigenvalue weighted by Crippen LogP contribution is -2.33. The van der Waals surface area contributed by atoms with Crippen LogP contribution in [0.4, 0.5) is 0 Å². The zero-order valence-electron chi connectivity index (χ0n) is 13.1. The third-order valence-corrected chi connectivity index (χ3v) is 3.94. The fourth-order valence-corrected chi connectivity index (χ4v) is 2.70. The molecule has 1 aromatic carbocycles. The van der Waals surface area contributed by atoms with Crippen molar-refractivity contribution in [3.8, 4) is 0 Å². The molecular formula is C18H23N3O. The monoisotopic (exact) mass is 297 g/mol. The average Bonchev–Trinajstić information content (AvgIpc) is 2.58. The Hall–Kier alpha value is -1.78. The maximum absolute atomic E-state index is 5.77. The normalized spacial score (nSPS) is 18.3. The Kier molecular flexibility index (Phi) is 5.14. The van der Waals surface area contributed by atoms with Gasteiger partial charge in [-0.3, -0.25) is 0 Å². The predicted molar refractivity (Wildman–Crippen MR) is 86.8 cm³/mol. The summed E-state index contributed by atoms with van der Waals surface area (Å²) in [6.07, 6.45) is 7.01. The minimum atomic E-state index is 0.173. The molecule has 2 heterocycles. The number of hydrogen-bond donors (Lipinski definition) is 1. The van der Waals surface area contributed by atoms with Crippen molar-refractivity contribution in [2.45, 2.75) is 32.3 Å². The molecule has 0 radical (unpaired) electrons. The quantitative estimate of drug-likeness (QED) is 0.922. The van der Waals surface area contributed by atoms with Crippen LogP contribution in [0.1, 0.15) is 42.0 Å². The summed E-state index contributed by atoms with van der Waals surface area (Å²) in [5.74, 6) is 0.878. The first-order valence-corrected chi connectivity index (χ1v) is 8.06. The van der Waals surface area contributed by atoms with Gasteiger partial charge in [-0.1, -0.05) is 37.6 Å². The third kappa shape index (κ3) is 3.90. The van der Waals surface area contributed by atoms with Gasteiger partial charge in [0.15, 0.2) is 0 Å². The third-order valence-electron chi connectivity index (χ3n) is 3.94. The van der Waals surface area contributed by atoms with Crippen LogP contribution in [0.25, 0.3) is 0 Å². The van der Waals surface area contributed by atoms with Crippen LogP contribution in [0.15, 0.2) is 36.7 Å². The number of morpholine rings is 1. The summed E-state index contributed by atoms with van der Waals surface area (Å²) in [6.45, 7) is 4.78. The van der Waals surface area contributed by atoms with Crippen LogP contribution in [0.5, 0.6) is 0 Å². The van der Waals surface area contributed by atoms with Gasteiger partial charge in [0.05, 0.1) is 12.7 Å². The van der Waals surface area contributed by atoms with Gasteiger partial charge in [-0.25, -0.2) is 9.97 Å². The number of aryl methyl sites for hydroxylation is 1. The van der Waals surface area contributed by atoms with Crippen LogP contribution in [-0.4, -0.2) is 29.7 Å². The zero-order valence-corrected chi connectivity index (χ0v) is 13.1. The molecule has 0 unspecified atom stereocenters. The topological polar surface area (TPSA) is 47.0 Å². The molecule has 1 saturated heterocycles. The lowest BCUT2D eigenvalue weighted by molar-refractivity contribution is 0.0277. The van der Waals surface area contributed by atoms with Crippen LogP contribution in [0.2, 0.25) is 0 Å². The molecule has 1 aliphatic heterocycles. The summed E-state index contributed by atoms with van der Waals surface area (Å²) < 4.78 is 5.77. The van der Waals surface area contributed by atoms with E-state index in [1.807, 2.05) is 12.4 Å². The highest BCUT2D eigenvalue weighted by Crippen LogP contribution is 2.19. The lowest BCUT2D eigenvalue weighted by atomic mass is 10.0. The summed E-state index contributed by atoms with van der Waals surface area (Å²) in [5.41, 5.74) is 3.68. The van der Waals surface area contributed by atoms with Gasteiger partial charge in [0.1, 0.15) is 5.82 Å². The molecule has 1 fully saturated rings. The fourth-order valence-electron chi connectivity index (χ4n) is 2.70. The molecule has 1 aliphatic rings. The second-order valence-corrected chi connectivity index (χ2v) is 5.74. The highest BCUT2D eigenvalue weighted by atomic mass is 16.5. The Morgan fingerprint density at radius 2 is 1.91 bits per heavy atom. The molecule has 1 N–H and O–H groups in total. The molecule has 3 rings (SSSR count). The van der Waals surface area contributed by atoms with Gasteiger partial charge < -0.3 is 10.1 Å². The van der Waals surface area contributed by atoms with Gasteiger partial charge in [-0.2, -0.15) is 0 Å².